The smallest absolute Gasteiger partial charge is 0.146 e. The van der Waals surface area contributed by atoms with Crippen LogP contribution < -0.4 is 5.26 Å². The van der Waals surface area contributed by atoms with Crippen LogP contribution in [0.15, 0.2) is 0 Å². The van der Waals surface area contributed by atoms with Crippen molar-refractivity contribution in [1.82, 2.24) is 0 Å². The number of rotatable bonds is 7. The summed E-state index contributed by atoms with van der Waals surface area (Å²) in [5.41, 5.74) is 0. The second kappa shape index (κ2) is 6.24. The van der Waals surface area contributed by atoms with E-state index >= 15 is 0 Å². The molecule has 80 valence electrons. The topological polar surface area (TPSA) is 108 Å². The van der Waals surface area contributed by atoms with Gasteiger partial charge in [0.25, 0.3) is 0 Å². The van der Waals surface area contributed by atoms with Crippen molar-refractivity contribution < 1.29 is 32.6 Å². The van der Waals surface area contributed by atoms with Gasteiger partial charge in [-0.1, -0.05) is 0 Å². The third-order valence-electron chi connectivity index (χ3n) is 1.17. The summed E-state index contributed by atoms with van der Waals surface area (Å²) in [7, 11) is -3.22. The Morgan fingerprint density at radius 1 is 1.38 bits per heavy atom. The fourth-order valence-corrected chi connectivity index (χ4v) is 1.04. The Labute approximate surface area is 75.9 Å². The third kappa shape index (κ3) is 5.91. The first-order valence-corrected chi connectivity index (χ1v) is 4.75. The van der Waals surface area contributed by atoms with Crippen molar-refractivity contribution in [3.05, 3.63) is 0 Å². The van der Waals surface area contributed by atoms with Crippen LogP contribution in [0.25, 0.3) is 0 Å². The van der Waals surface area contributed by atoms with E-state index in [4.69, 9.17) is 0 Å². The number of hydrogen-bond acceptors (Lipinski definition) is 7. The van der Waals surface area contributed by atoms with E-state index in [1.54, 1.807) is 0 Å². The van der Waals surface area contributed by atoms with E-state index in [0.29, 0.717) is 0 Å². The van der Waals surface area contributed by atoms with Crippen LogP contribution in [0.2, 0.25) is 0 Å². The lowest BCUT2D eigenvalue weighted by molar-refractivity contribution is -0.689. The largest absolute Gasteiger partial charge is 0.748 e. The molecule has 0 saturated carbocycles. The molecule has 1 unspecified atom stereocenters. The van der Waals surface area contributed by atoms with Gasteiger partial charge in [0.05, 0.1) is 18.5 Å². The van der Waals surface area contributed by atoms with E-state index in [0.717, 1.165) is 0 Å². The molecule has 0 aliphatic carbocycles. The van der Waals surface area contributed by atoms with Gasteiger partial charge < -0.3 is 24.2 Å². The molecule has 7 nitrogen and oxygen atoms in total. The number of methoxy groups -OCH3 is 1. The zero-order chi connectivity index (χ0) is 10.3. The van der Waals surface area contributed by atoms with Crippen LogP contribution >= 0.6 is 0 Å². The Hall–Kier alpha value is -0.250. The quantitative estimate of drug-likeness (QED) is 0.156. The van der Waals surface area contributed by atoms with Gasteiger partial charge in [0, 0.05) is 7.11 Å². The maximum absolute atomic E-state index is 10.4. The van der Waals surface area contributed by atoms with Crippen LogP contribution in [0, 0.1) is 0 Å². The molecule has 0 aliphatic heterocycles. The molecule has 0 spiro atoms. The molecule has 0 aliphatic rings. The van der Waals surface area contributed by atoms with Gasteiger partial charge >= 0.3 is 0 Å². The first-order chi connectivity index (χ1) is 6.02. The Bertz CT molecular complexity index is 211. The van der Waals surface area contributed by atoms with Gasteiger partial charge in [0.2, 0.25) is 0 Å². The fourth-order valence-electron chi connectivity index (χ4n) is 0.554. The maximum atomic E-state index is 10.4. The molecule has 0 fully saturated rings. The molecule has 0 bridgehead atoms. The van der Waals surface area contributed by atoms with Gasteiger partial charge in [0.1, 0.15) is 16.9 Å². The van der Waals surface area contributed by atoms with Crippen LogP contribution in [0.4, 0.5) is 0 Å². The van der Waals surface area contributed by atoms with E-state index in [1.165, 1.54) is 7.11 Å². The van der Waals surface area contributed by atoms with Crippen LogP contribution in [-0.4, -0.2) is 45.3 Å². The highest BCUT2D eigenvalue weighted by molar-refractivity contribution is 7.86. The summed E-state index contributed by atoms with van der Waals surface area (Å²) in [4.78, 5) is 3.31. The van der Waals surface area contributed by atoms with Crippen molar-refractivity contribution in [2.24, 2.45) is 0 Å². The van der Waals surface area contributed by atoms with Gasteiger partial charge in [-0.2, -0.15) is 0 Å². The van der Waals surface area contributed by atoms with Crippen molar-refractivity contribution in [3.63, 3.8) is 0 Å². The standard InChI is InChI=1S/C5H12O7S/c1-10-4-11-2-5(3-12-6)13(7,8)9/h5-6H,2-4H2,1H3,(H,7,8,9)/p-2. The molecule has 0 aromatic carbocycles. The molecule has 0 N–H and O–H groups in total. The predicted molar refractivity (Wildman–Crippen MR) is 37.3 cm³/mol. The third-order valence-corrected chi connectivity index (χ3v) is 2.26. The monoisotopic (exact) mass is 214 g/mol. The van der Waals surface area contributed by atoms with E-state index < -0.39 is 28.6 Å². The second-order valence-electron chi connectivity index (χ2n) is 2.18. The second-order valence-corrected chi connectivity index (χ2v) is 3.83. The van der Waals surface area contributed by atoms with Gasteiger partial charge in [0.15, 0.2) is 0 Å². The van der Waals surface area contributed by atoms with Crippen LogP contribution in [0.1, 0.15) is 0 Å². The first-order valence-electron chi connectivity index (χ1n) is 3.28. The van der Waals surface area contributed by atoms with Crippen LogP contribution in [0.5, 0.6) is 0 Å². The highest BCUT2D eigenvalue weighted by Gasteiger charge is 2.15. The molecule has 0 aromatic heterocycles. The molecule has 0 rings (SSSR count). The average Bonchev–Trinajstić information content (AvgIpc) is 2.01. The average molecular weight is 214 g/mol. The molecule has 8 heteroatoms. The maximum Gasteiger partial charge on any atom is 0.146 e. The van der Waals surface area contributed by atoms with Crippen molar-refractivity contribution in [1.29, 1.82) is 0 Å². The minimum atomic E-state index is -4.56. The minimum Gasteiger partial charge on any atom is -0.748 e. The Morgan fingerprint density at radius 3 is 2.38 bits per heavy atom. The predicted octanol–water partition coefficient (Wildman–Crippen LogP) is -2.19. The molecule has 0 radical (unpaired) electrons. The first kappa shape index (κ1) is 12.8. The zero-order valence-corrected chi connectivity index (χ0v) is 7.78. The molecule has 0 amide bonds. The van der Waals surface area contributed by atoms with E-state index in [1.807, 2.05) is 0 Å². The van der Waals surface area contributed by atoms with Gasteiger partial charge in [-0.25, -0.2) is 8.42 Å². The molecule has 13 heavy (non-hydrogen) atoms. The summed E-state index contributed by atoms with van der Waals surface area (Å²) in [6.07, 6.45) is 0. The molecule has 0 saturated heterocycles. The summed E-state index contributed by atoms with van der Waals surface area (Å²) in [6, 6.07) is 0. The zero-order valence-electron chi connectivity index (χ0n) is 6.96. The lowest BCUT2D eigenvalue weighted by atomic mass is 10.5. The SMILES string of the molecule is COCOCC(CO[O-])S(=O)(=O)[O-]. The minimum absolute atomic E-state index is 0.148. The fraction of sp³-hybridized carbons (Fsp3) is 1.00. The van der Waals surface area contributed by atoms with Crippen molar-refractivity contribution in [2.45, 2.75) is 5.25 Å². The van der Waals surface area contributed by atoms with Gasteiger partial charge in [-0.05, 0) is 0 Å². The molecular formula is C5H10O7S-2. The highest BCUT2D eigenvalue weighted by Crippen LogP contribution is 1.99. The van der Waals surface area contributed by atoms with Crippen molar-refractivity contribution in [2.75, 3.05) is 27.1 Å². The highest BCUT2D eigenvalue weighted by atomic mass is 32.2. The summed E-state index contributed by atoms with van der Waals surface area (Å²) >= 11 is 0. The molecule has 0 heterocycles. The Morgan fingerprint density at radius 2 is 2.00 bits per heavy atom. The number of ether oxygens (including phenoxy) is 2. The summed E-state index contributed by atoms with van der Waals surface area (Å²) < 4.78 is 40.3. The molecule has 0 aromatic rings. The van der Waals surface area contributed by atoms with E-state index in [2.05, 4.69) is 14.4 Å². The molecule has 1 atom stereocenters. The Balaban J connectivity index is 3.96. The number of hydrogen-bond donors (Lipinski definition) is 0. The van der Waals surface area contributed by atoms with Gasteiger partial charge in [-0.15, -0.1) is 0 Å². The van der Waals surface area contributed by atoms with E-state index in [-0.39, 0.29) is 6.79 Å². The van der Waals surface area contributed by atoms with Crippen molar-refractivity contribution >= 4 is 10.1 Å². The van der Waals surface area contributed by atoms with E-state index in [9.17, 15) is 18.2 Å². The summed E-state index contributed by atoms with van der Waals surface area (Å²) in [6.45, 7) is -1.29. The van der Waals surface area contributed by atoms with Gasteiger partial charge in [-0.3, -0.25) is 0 Å². The Kier molecular flexibility index (Phi) is 6.12. The van der Waals surface area contributed by atoms with Crippen LogP contribution in [0.3, 0.4) is 0 Å². The molecular weight excluding hydrogens is 204 g/mol. The van der Waals surface area contributed by atoms with Crippen molar-refractivity contribution in [3.8, 4) is 0 Å². The summed E-state index contributed by atoms with van der Waals surface area (Å²) in [5, 5.41) is 8.14. The lowest BCUT2D eigenvalue weighted by Gasteiger charge is -2.21. The lowest BCUT2D eigenvalue weighted by Crippen LogP contribution is -2.33. The summed E-state index contributed by atoms with van der Waals surface area (Å²) in [5.74, 6) is 0. The van der Waals surface area contributed by atoms with Crippen LogP contribution in [-0.2, 0) is 24.5 Å². The normalized spacial score (nSPS) is 14.4.